The first-order valence-electron chi connectivity index (χ1n) is 9.57. The third kappa shape index (κ3) is 3.17. The van der Waals surface area contributed by atoms with E-state index in [1.54, 1.807) is 0 Å². The highest BCUT2D eigenvalue weighted by Crippen LogP contribution is 2.49. The number of rotatable bonds is 3. The van der Waals surface area contributed by atoms with Gasteiger partial charge in [-0.1, -0.05) is 48.1 Å². The van der Waals surface area contributed by atoms with Crippen molar-refractivity contribution in [1.29, 1.82) is 0 Å². The SMILES string of the molecule is CC=C1[C@H]2C=C(C)C[C@]1(NC(=O)OCc1ccccc1)c1ccc(=O)[nH]c1C2. The average Bonchev–Trinajstić information content (AvgIpc) is 2.66. The van der Waals surface area contributed by atoms with Crippen LogP contribution in [0.2, 0.25) is 0 Å². The number of H-pyrrole nitrogens is 1. The maximum atomic E-state index is 12.8. The molecule has 1 amide bonds. The second kappa shape index (κ2) is 7.15. The van der Waals surface area contributed by atoms with Crippen LogP contribution >= 0.6 is 0 Å². The number of pyridine rings is 1. The Morgan fingerprint density at radius 3 is 2.82 bits per heavy atom. The molecule has 2 aliphatic carbocycles. The first kappa shape index (κ1) is 18.3. The highest BCUT2D eigenvalue weighted by atomic mass is 16.5. The van der Waals surface area contributed by atoms with Gasteiger partial charge in [0.2, 0.25) is 5.56 Å². The van der Waals surface area contributed by atoms with Crippen molar-refractivity contribution in [2.45, 2.75) is 38.8 Å². The van der Waals surface area contributed by atoms with Gasteiger partial charge >= 0.3 is 6.09 Å². The highest BCUT2D eigenvalue weighted by Gasteiger charge is 2.48. The Labute approximate surface area is 164 Å². The summed E-state index contributed by atoms with van der Waals surface area (Å²) in [4.78, 5) is 27.6. The Hall–Kier alpha value is -3.08. The molecule has 1 aromatic carbocycles. The molecule has 5 nitrogen and oxygen atoms in total. The Morgan fingerprint density at radius 1 is 1.29 bits per heavy atom. The first-order chi connectivity index (χ1) is 13.5. The van der Waals surface area contributed by atoms with Crippen molar-refractivity contribution >= 4 is 6.09 Å². The summed E-state index contributed by atoms with van der Waals surface area (Å²) in [5.41, 5.74) is 4.32. The van der Waals surface area contributed by atoms with Crippen molar-refractivity contribution in [3.05, 3.63) is 92.9 Å². The molecule has 144 valence electrons. The summed E-state index contributed by atoms with van der Waals surface area (Å²) in [5.74, 6) is 0.152. The lowest BCUT2D eigenvalue weighted by Crippen LogP contribution is -2.53. The lowest BCUT2D eigenvalue weighted by atomic mass is 9.63. The van der Waals surface area contributed by atoms with Gasteiger partial charge in [0.05, 0.1) is 5.54 Å². The summed E-state index contributed by atoms with van der Waals surface area (Å²) in [6, 6.07) is 13.0. The smallest absolute Gasteiger partial charge is 0.408 e. The van der Waals surface area contributed by atoms with E-state index in [1.165, 1.54) is 11.6 Å². The van der Waals surface area contributed by atoms with Gasteiger partial charge in [-0.2, -0.15) is 0 Å². The predicted molar refractivity (Wildman–Crippen MR) is 108 cm³/mol. The molecule has 4 rings (SSSR count). The van der Waals surface area contributed by atoms with Crippen molar-refractivity contribution in [2.75, 3.05) is 0 Å². The normalized spacial score (nSPS) is 24.3. The van der Waals surface area contributed by atoms with Crippen molar-refractivity contribution in [3.63, 3.8) is 0 Å². The average molecular weight is 376 g/mol. The Bertz CT molecular complexity index is 1020. The zero-order valence-electron chi connectivity index (χ0n) is 16.1. The number of hydrogen-bond acceptors (Lipinski definition) is 3. The molecule has 2 bridgehead atoms. The number of carbonyl (C=O) groups excluding carboxylic acids is 1. The van der Waals surface area contributed by atoms with E-state index >= 15 is 0 Å². The van der Waals surface area contributed by atoms with Gasteiger partial charge in [-0.05, 0) is 43.9 Å². The Morgan fingerprint density at radius 2 is 2.07 bits per heavy atom. The van der Waals surface area contributed by atoms with Crippen molar-refractivity contribution in [1.82, 2.24) is 10.3 Å². The van der Waals surface area contributed by atoms with E-state index in [1.807, 2.05) is 43.3 Å². The molecule has 2 atom stereocenters. The van der Waals surface area contributed by atoms with Crippen LogP contribution in [0.25, 0.3) is 0 Å². The van der Waals surface area contributed by atoms with Gasteiger partial charge in [-0.25, -0.2) is 4.79 Å². The molecule has 0 fully saturated rings. The number of aromatic nitrogens is 1. The summed E-state index contributed by atoms with van der Waals surface area (Å²) in [6.07, 6.45) is 5.24. The molecule has 0 aliphatic heterocycles. The van der Waals surface area contributed by atoms with E-state index in [-0.39, 0.29) is 18.1 Å². The fourth-order valence-electron chi connectivity index (χ4n) is 4.62. The van der Waals surface area contributed by atoms with Crippen LogP contribution in [0.4, 0.5) is 4.79 Å². The second-order valence-corrected chi connectivity index (χ2v) is 7.55. The standard InChI is InChI=1S/C23H24N2O3/c1-3-18-17-11-15(2)13-23(18,19-9-10-21(26)24-20(19)12-17)25-22(27)28-14-16-7-5-4-6-8-16/h3-11,17H,12-14H2,1-2H3,(H,24,26)(H,25,27)/t17-,23+/m0/s1. The largest absolute Gasteiger partial charge is 0.445 e. The number of carbonyl (C=O) groups is 1. The molecule has 1 aromatic heterocycles. The molecule has 0 spiro atoms. The highest BCUT2D eigenvalue weighted by molar-refractivity contribution is 5.71. The van der Waals surface area contributed by atoms with Crippen LogP contribution in [0, 0.1) is 5.92 Å². The van der Waals surface area contributed by atoms with Crippen LogP contribution in [0.3, 0.4) is 0 Å². The molecule has 0 radical (unpaired) electrons. The molecule has 2 aromatic rings. The number of alkyl carbamates (subject to hydrolysis) is 1. The number of benzene rings is 1. The van der Waals surface area contributed by atoms with E-state index in [0.29, 0.717) is 6.42 Å². The van der Waals surface area contributed by atoms with E-state index in [9.17, 15) is 9.59 Å². The van der Waals surface area contributed by atoms with E-state index in [2.05, 4.69) is 29.4 Å². The number of amides is 1. The molecule has 5 heteroatoms. The molecule has 28 heavy (non-hydrogen) atoms. The number of ether oxygens (including phenoxy) is 1. The van der Waals surface area contributed by atoms with E-state index in [0.717, 1.165) is 28.8 Å². The molecule has 0 saturated carbocycles. The number of allylic oxidation sites excluding steroid dienone is 2. The number of nitrogens with one attached hydrogen (secondary N) is 2. The van der Waals surface area contributed by atoms with Crippen LogP contribution in [-0.2, 0) is 23.3 Å². The summed E-state index contributed by atoms with van der Waals surface area (Å²) in [7, 11) is 0. The predicted octanol–water partition coefficient (Wildman–Crippen LogP) is 3.97. The molecule has 0 unspecified atom stereocenters. The van der Waals surface area contributed by atoms with Gasteiger partial charge in [0.1, 0.15) is 6.61 Å². The maximum Gasteiger partial charge on any atom is 0.408 e. The molecule has 1 heterocycles. The number of aromatic amines is 1. The van der Waals surface area contributed by atoms with Gasteiger partial charge in [0.25, 0.3) is 0 Å². The maximum absolute atomic E-state index is 12.8. The minimum atomic E-state index is -0.691. The molecular weight excluding hydrogens is 352 g/mol. The van der Waals surface area contributed by atoms with Crippen LogP contribution in [-0.4, -0.2) is 11.1 Å². The van der Waals surface area contributed by atoms with Crippen molar-refractivity contribution < 1.29 is 9.53 Å². The van der Waals surface area contributed by atoms with Crippen molar-refractivity contribution in [2.24, 2.45) is 5.92 Å². The quantitative estimate of drug-likeness (QED) is 0.797. The van der Waals surface area contributed by atoms with Crippen LogP contribution in [0.15, 0.2) is 70.6 Å². The fraction of sp³-hybridized carbons (Fsp3) is 0.304. The van der Waals surface area contributed by atoms with Gasteiger partial charge in [0.15, 0.2) is 0 Å². The van der Waals surface area contributed by atoms with Gasteiger partial charge in [-0.3, -0.25) is 4.79 Å². The van der Waals surface area contributed by atoms with Gasteiger partial charge in [-0.15, -0.1) is 0 Å². The minimum absolute atomic E-state index is 0.122. The minimum Gasteiger partial charge on any atom is -0.445 e. The summed E-state index contributed by atoms with van der Waals surface area (Å²) < 4.78 is 5.52. The van der Waals surface area contributed by atoms with Crippen LogP contribution < -0.4 is 10.9 Å². The van der Waals surface area contributed by atoms with E-state index < -0.39 is 11.6 Å². The monoisotopic (exact) mass is 376 g/mol. The summed E-state index contributed by atoms with van der Waals surface area (Å²) >= 11 is 0. The van der Waals surface area contributed by atoms with Gasteiger partial charge in [0, 0.05) is 23.2 Å². The zero-order chi connectivity index (χ0) is 19.7. The Kier molecular flexibility index (Phi) is 4.67. The van der Waals surface area contributed by atoms with Crippen LogP contribution in [0.1, 0.15) is 37.1 Å². The number of hydrogen-bond donors (Lipinski definition) is 2. The molecule has 2 aliphatic rings. The van der Waals surface area contributed by atoms with Gasteiger partial charge < -0.3 is 15.0 Å². The zero-order valence-corrected chi connectivity index (χ0v) is 16.1. The number of fused-ring (bicyclic) bond motifs is 4. The third-order valence-corrected chi connectivity index (χ3v) is 5.65. The Balaban J connectivity index is 1.68. The molecule has 0 saturated heterocycles. The van der Waals surface area contributed by atoms with Crippen LogP contribution in [0.5, 0.6) is 0 Å². The fourth-order valence-corrected chi connectivity index (χ4v) is 4.62. The third-order valence-electron chi connectivity index (χ3n) is 5.65. The summed E-state index contributed by atoms with van der Waals surface area (Å²) in [6.45, 7) is 4.30. The first-order valence-corrected chi connectivity index (χ1v) is 9.57. The second-order valence-electron chi connectivity index (χ2n) is 7.55. The topological polar surface area (TPSA) is 71.2 Å². The lowest BCUT2D eigenvalue weighted by Gasteiger charge is -2.47. The molecular formula is C23H24N2O3. The van der Waals surface area contributed by atoms with Crippen molar-refractivity contribution in [3.8, 4) is 0 Å². The van der Waals surface area contributed by atoms with E-state index in [4.69, 9.17) is 4.74 Å². The summed E-state index contributed by atoms with van der Waals surface area (Å²) in [5, 5.41) is 3.15. The molecule has 2 N–H and O–H groups in total. The lowest BCUT2D eigenvalue weighted by molar-refractivity contribution is 0.126.